The summed E-state index contributed by atoms with van der Waals surface area (Å²) < 4.78 is 21.4. The Morgan fingerprint density at radius 3 is 1.39 bits per heavy atom. The van der Waals surface area contributed by atoms with Gasteiger partial charge in [0.25, 0.3) is 0 Å². The fourth-order valence-electron chi connectivity index (χ4n) is 6.04. The highest BCUT2D eigenvalue weighted by Crippen LogP contribution is 2.38. The number of rotatable bonds is 10. The van der Waals surface area contributed by atoms with E-state index in [9.17, 15) is 19.2 Å². The molecule has 6 saturated heterocycles. The minimum Gasteiger partial charge on any atom is -0.463 e. The van der Waals surface area contributed by atoms with Gasteiger partial charge in [0.15, 0.2) is 11.6 Å². The van der Waals surface area contributed by atoms with Gasteiger partial charge < -0.3 is 18.9 Å². The smallest absolute Gasteiger partial charge is 0.317 e. The molecule has 6 rings (SSSR count). The predicted molar refractivity (Wildman–Crippen MR) is 114 cm³/mol. The van der Waals surface area contributed by atoms with Crippen molar-refractivity contribution in [3.8, 4) is 0 Å². The highest BCUT2D eigenvalue weighted by molar-refractivity contribution is 5.95. The fraction of sp³-hybridized carbons (Fsp3) is 0.826. The van der Waals surface area contributed by atoms with Crippen LogP contribution < -0.4 is 0 Å². The molecule has 0 aromatic rings. The van der Waals surface area contributed by atoms with Crippen LogP contribution in [0.2, 0.25) is 0 Å². The third-order valence-corrected chi connectivity index (χ3v) is 7.86. The molecule has 2 atom stereocenters. The minimum absolute atomic E-state index is 0.0378. The lowest BCUT2D eigenvalue weighted by atomic mass is 9.74. The van der Waals surface area contributed by atoms with Crippen molar-refractivity contribution in [1.29, 1.82) is 0 Å². The van der Waals surface area contributed by atoms with Gasteiger partial charge in [0.05, 0.1) is 13.2 Å². The van der Waals surface area contributed by atoms with E-state index in [0.717, 1.165) is 51.9 Å². The highest BCUT2D eigenvalue weighted by atomic mass is 16.6. The van der Waals surface area contributed by atoms with Crippen molar-refractivity contribution in [2.45, 2.75) is 43.2 Å². The van der Waals surface area contributed by atoms with E-state index in [1.165, 1.54) is 14.2 Å². The van der Waals surface area contributed by atoms with Gasteiger partial charge in [-0.05, 0) is 25.7 Å². The molecule has 0 spiro atoms. The Morgan fingerprint density at radius 1 is 0.727 bits per heavy atom. The van der Waals surface area contributed by atoms with Crippen molar-refractivity contribution >= 4 is 23.5 Å². The lowest BCUT2D eigenvalue weighted by Crippen LogP contribution is -2.69. The van der Waals surface area contributed by atoms with Crippen LogP contribution in [0.5, 0.6) is 0 Å². The van der Waals surface area contributed by atoms with E-state index < -0.39 is 29.4 Å². The number of Topliss-reactive ketones (excluding diaryl/α,β-unsaturated/α-hetero) is 2. The second-order valence-electron chi connectivity index (χ2n) is 9.68. The molecule has 184 valence electrons. The van der Waals surface area contributed by atoms with Gasteiger partial charge in [0, 0.05) is 52.2 Å². The molecular weight excluding hydrogens is 432 g/mol. The molecule has 10 nitrogen and oxygen atoms in total. The zero-order valence-electron chi connectivity index (χ0n) is 19.5. The Balaban J connectivity index is 1.32. The average Bonchev–Trinajstić information content (AvgIpc) is 2.83. The maximum atomic E-state index is 12.9. The summed E-state index contributed by atoms with van der Waals surface area (Å²) in [7, 11) is 3.03. The molecule has 0 radical (unpaired) electrons. The molecule has 6 heterocycles. The van der Waals surface area contributed by atoms with Gasteiger partial charge in [0.1, 0.15) is 30.7 Å². The monoisotopic (exact) mass is 466 g/mol. The number of hydrogen-bond acceptors (Lipinski definition) is 10. The molecule has 0 aliphatic carbocycles. The summed E-state index contributed by atoms with van der Waals surface area (Å²) in [6.07, 6.45) is 2.66. The quantitative estimate of drug-likeness (QED) is 0.318. The maximum absolute atomic E-state index is 12.9. The number of nitrogens with zero attached hydrogens (tertiary/aromatic N) is 2. The van der Waals surface area contributed by atoms with E-state index in [1.807, 2.05) is 9.80 Å². The largest absolute Gasteiger partial charge is 0.463 e. The van der Waals surface area contributed by atoms with Crippen molar-refractivity contribution in [3.63, 3.8) is 0 Å². The summed E-state index contributed by atoms with van der Waals surface area (Å²) in [6.45, 7) is 3.00. The number of carbonyl (C=O) groups excluding carboxylic acids is 4. The van der Waals surface area contributed by atoms with E-state index in [-0.39, 0.29) is 49.8 Å². The number of piperidine rings is 6. The number of ether oxygens (including phenoxy) is 4. The second kappa shape index (κ2) is 9.77. The Bertz CT molecular complexity index is 723. The first-order chi connectivity index (χ1) is 15.9. The molecule has 6 aliphatic heterocycles. The lowest BCUT2D eigenvalue weighted by Gasteiger charge is -2.52. The SMILES string of the molecule is COC[C@@]1(COC(=O)CC(=O)OC[C@]2(COC)C(=O)C3CCN2CC3)C(=O)C2CCN1CC2. The van der Waals surface area contributed by atoms with Crippen molar-refractivity contribution in [1.82, 2.24) is 9.80 Å². The summed E-state index contributed by atoms with van der Waals surface area (Å²) in [4.78, 5) is 54.8. The summed E-state index contributed by atoms with van der Waals surface area (Å²) >= 11 is 0. The van der Waals surface area contributed by atoms with E-state index in [2.05, 4.69) is 0 Å². The van der Waals surface area contributed by atoms with Crippen LogP contribution in [-0.2, 0) is 38.1 Å². The van der Waals surface area contributed by atoms with Crippen LogP contribution in [0.25, 0.3) is 0 Å². The van der Waals surface area contributed by atoms with Crippen LogP contribution in [0.4, 0.5) is 0 Å². The molecule has 4 bridgehead atoms. The van der Waals surface area contributed by atoms with Gasteiger partial charge in [-0.3, -0.25) is 29.0 Å². The fourth-order valence-corrected chi connectivity index (χ4v) is 6.04. The summed E-state index contributed by atoms with van der Waals surface area (Å²) in [5, 5.41) is 0. The third kappa shape index (κ3) is 4.34. The van der Waals surface area contributed by atoms with Crippen molar-refractivity contribution in [2.75, 3.05) is 66.8 Å². The van der Waals surface area contributed by atoms with Crippen LogP contribution in [0.15, 0.2) is 0 Å². The van der Waals surface area contributed by atoms with E-state index in [4.69, 9.17) is 18.9 Å². The van der Waals surface area contributed by atoms with Gasteiger partial charge in [-0.2, -0.15) is 0 Å². The maximum Gasteiger partial charge on any atom is 0.317 e. The van der Waals surface area contributed by atoms with Crippen LogP contribution in [0, 0.1) is 11.8 Å². The summed E-state index contributed by atoms with van der Waals surface area (Å²) in [5.41, 5.74) is -1.97. The normalized spacial score (nSPS) is 37.3. The number of esters is 2. The van der Waals surface area contributed by atoms with Gasteiger partial charge in [0.2, 0.25) is 0 Å². The predicted octanol–water partition coefficient (Wildman–Crippen LogP) is -0.177. The number of ketones is 2. The van der Waals surface area contributed by atoms with Gasteiger partial charge in [-0.1, -0.05) is 0 Å². The molecular formula is C23H34N2O8. The van der Waals surface area contributed by atoms with Crippen LogP contribution in [-0.4, -0.2) is 111 Å². The molecule has 33 heavy (non-hydrogen) atoms. The number of hydrogen-bond donors (Lipinski definition) is 0. The van der Waals surface area contributed by atoms with Gasteiger partial charge >= 0.3 is 11.9 Å². The lowest BCUT2D eigenvalue weighted by molar-refractivity contribution is -0.172. The highest BCUT2D eigenvalue weighted by Gasteiger charge is 2.55. The molecule has 0 amide bonds. The first-order valence-corrected chi connectivity index (χ1v) is 11.7. The molecule has 6 fully saturated rings. The standard InChI is InChI=1S/C23H34N2O8/c1-30-12-22(20(28)16-3-7-24(22)8-4-16)14-32-18(26)11-19(27)33-15-23(13-31-2)21(29)17-5-9-25(23)10-6-17/h16-17H,3-15H2,1-2H3/t22-,23-/m1/s1. The first-order valence-electron chi connectivity index (χ1n) is 11.7. The average molecular weight is 467 g/mol. The first kappa shape index (κ1) is 24.3. The topological polar surface area (TPSA) is 112 Å². The number of fused-ring (bicyclic) bond motifs is 6. The Hall–Kier alpha value is -1.88. The Labute approximate surface area is 193 Å². The zero-order valence-corrected chi connectivity index (χ0v) is 19.5. The Kier molecular flexibility index (Phi) is 7.18. The molecule has 0 aromatic carbocycles. The van der Waals surface area contributed by atoms with Crippen LogP contribution in [0.3, 0.4) is 0 Å². The van der Waals surface area contributed by atoms with E-state index >= 15 is 0 Å². The molecule has 0 N–H and O–H groups in total. The van der Waals surface area contributed by atoms with Crippen molar-refractivity contribution < 1.29 is 38.1 Å². The van der Waals surface area contributed by atoms with Gasteiger partial charge in [-0.15, -0.1) is 0 Å². The second-order valence-corrected chi connectivity index (χ2v) is 9.68. The number of methoxy groups -OCH3 is 2. The third-order valence-electron chi connectivity index (χ3n) is 7.86. The number of carbonyl (C=O) groups is 4. The summed E-state index contributed by atoms with van der Waals surface area (Å²) in [5.74, 6) is -1.52. The molecule has 0 unspecified atom stereocenters. The van der Waals surface area contributed by atoms with E-state index in [0.29, 0.717) is 0 Å². The molecule has 0 saturated carbocycles. The Morgan fingerprint density at radius 2 is 1.09 bits per heavy atom. The zero-order chi connectivity index (χ0) is 23.6. The molecule has 10 heteroatoms. The molecule has 6 aliphatic rings. The van der Waals surface area contributed by atoms with Crippen LogP contribution in [0.1, 0.15) is 32.1 Å². The summed E-state index contributed by atoms with van der Waals surface area (Å²) in [6, 6.07) is 0. The minimum atomic E-state index is -0.987. The molecule has 0 aromatic heterocycles. The van der Waals surface area contributed by atoms with Crippen LogP contribution >= 0.6 is 0 Å². The van der Waals surface area contributed by atoms with E-state index in [1.54, 1.807) is 0 Å². The van der Waals surface area contributed by atoms with Crippen molar-refractivity contribution in [3.05, 3.63) is 0 Å². The van der Waals surface area contributed by atoms with Crippen molar-refractivity contribution in [2.24, 2.45) is 11.8 Å². The van der Waals surface area contributed by atoms with Gasteiger partial charge in [-0.25, -0.2) is 0 Å².